The molecular formula is C63H41N5. The quantitative estimate of drug-likeness (QED) is 0.153. The summed E-state index contributed by atoms with van der Waals surface area (Å²) in [6, 6.07) is 88.2. The van der Waals surface area contributed by atoms with Gasteiger partial charge >= 0.3 is 0 Å². The minimum absolute atomic E-state index is 0.618. The van der Waals surface area contributed by atoms with E-state index in [-0.39, 0.29) is 0 Å². The molecule has 5 heteroatoms. The van der Waals surface area contributed by atoms with E-state index in [9.17, 15) is 0 Å². The number of fused-ring (bicyclic) bond motifs is 7. The van der Waals surface area contributed by atoms with Gasteiger partial charge in [0.25, 0.3) is 0 Å². The molecule has 0 radical (unpaired) electrons. The molecule has 13 rings (SSSR count). The van der Waals surface area contributed by atoms with Gasteiger partial charge in [0.2, 0.25) is 0 Å². The van der Waals surface area contributed by atoms with Crippen molar-refractivity contribution in [3.05, 3.63) is 249 Å². The number of benzene rings is 10. The van der Waals surface area contributed by atoms with Crippen molar-refractivity contribution in [3.8, 4) is 78.9 Å². The second-order valence-corrected chi connectivity index (χ2v) is 17.2. The first-order chi connectivity index (χ1) is 33.7. The van der Waals surface area contributed by atoms with Crippen LogP contribution in [0.4, 0.5) is 0 Å². The molecule has 0 atom stereocenters. The van der Waals surface area contributed by atoms with Crippen LogP contribution in [0.3, 0.4) is 0 Å². The number of nitrogens with zero attached hydrogens (tertiary/aromatic N) is 5. The second kappa shape index (κ2) is 16.4. The Morgan fingerprint density at radius 2 is 0.471 bits per heavy atom. The maximum Gasteiger partial charge on any atom is 0.164 e. The van der Waals surface area contributed by atoms with Gasteiger partial charge in [-0.25, -0.2) is 15.0 Å². The SMILES string of the molecule is c1ccc(-c2ccc(-c3ccc(-n4c5ccccc5c5ccc6c7ccccc7n(-c7ccc(-c8nc(-c9ccccc9)nc(-c9ccc(-c%10ccccc%10)cc9)n8)cc7)c6c54)cc3)cc2)cc1. The minimum Gasteiger partial charge on any atom is -0.307 e. The van der Waals surface area contributed by atoms with Crippen molar-refractivity contribution in [2.75, 3.05) is 0 Å². The van der Waals surface area contributed by atoms with E-state index in [1.807, 2.05) is 36.4 Å². The summed E-state index contributed by atoms with van der Waals surface area (Å²) in [7, 11) is 0. The lowest BCUT2D eigenvalue weighted by atomic mass is 10.0. The molecular weight excluding hydrogens is 827 g/mol. The molecule has 0 saturated heterocycles. The Kier molecular flexibility index (Phi) is 9.43. The second-order valence-electron chi connectivity index (χ2n) is 17.2. The Hall–Kier alpha value is -9.19. The van der Waals surface area contributed by atoms with Gasteiger partial charge in [0, 0.05) is 49.6 Å². The molecule has 0 bridgehead atoms. The molecule has 13 aromatic rings. The third kappa shape index (κ3) is 6.76. The van der Waals surface area contributed by atoms with Crippen molar-refractivity contribution in [2.24, 2.45) is 0 Å². The molecule has 68 heavy (non-hydrogen) atoms. The van der Waals surface area contributed by atoms with Gasteiger partial charge in [0.1, 0.15) is 0 Å². The number of para-hydroxylation sites is 2. The predicted octanol–water partition coefficient (Wildman–Crippen LogP) is 16.1. The fourth-order valence-electron chi connectivity index (χ4n) is 9.88. The van der Waals surface area contributed by atoms with Crippen LogP contribution < -0.4 is 0 Å². The van der Waals surface area contributed by atoms with E-state index in [0.29, 0.717) is 17.5 Å². The molecule has 0 N–H and O–H groups in total. The highest BCUT2D eigenvalue weighted by Gasteiger charge is 2.22. The minimum atomic E-state index is 0.618. The monoisotopic (exact) mass is 867 g/mol. The van der Waals surface area contributed by atoms with Crippen molar-refractivity contribution in [2.45, 2.75) is 0 Å². The van der Waals surface area contributed by atoms with Crippen molar-refractivity contribution in [1.82, 2.24) is 24.1 Å². The van der Waals surface area contributed by atoms with Crippen LogP contribution in [-0.2, 0) is 0 Å². The molecule has 0 aliphatic carbocycles. The van der Waals surface area contributed by atoms with E-state index in [2.05, 4.69) is 221 Å². The molecule has 0 aliphatic rings. The first-order valence-corrected chi connectivity index (χ1v) is 23.0. The highest BCUT2D eigenvalue weighted by molar-refractivity contribution is 6.23. The van der Waals surface area contributed by atoms with Gasteiger partial charge in [-0.3, -0.25) is 0 Å². The molecule has 10 aromatic carbocycles. The Labute approximate surface area is 393 Å². The summed E-state index contributed by atoms with van der Waals surface area (Å²) in [5, 5.41) is 4.82. The average molecular weight is 868 g/mol. The fourth-order valence-corrected chi connectivity index (χ4v) is 9.88. The highest BCUT2D eigenvalue weighted by Crippen LogP contribution is 2.42. The van der Waals surface area contributed by atoms with Crippen LogP contribution >= 0.6 is 0 Å². The Bertz CT molecular complexity index is 3950. The molecule has 0 unspecified atom stereocenters. The molecule has 318 valence electrons. The Balaban J connectivity index is 0.936. The maximum atomic E-state index is 5.11. The van der Waals surface area contributed by atoms with Crippen LogP contribution in [0.25, 0.3) is 123 Å². The zero-order valence-electron chi connectivity index (χ0n) is 36.9. The summed E-state index contributed by atoms with van der Waals surface area (Å²) < 4.78 is 4.88. The largest absolute Gasteiger partial charge is 0.307 e. The van der Waals surface area contributed by atoms with Gasteiger partial charge < -0.3 is 9.13 Å². The van der Waals surface area contributed by atoms with Gasteiger partial charge in [-0.15, -0.1) is 0 Å². The first kappa shape index (κ1) is 39.2. The summed E-state index contributed by atoms with van der Waals surface area (Å²) in [6.45, 7) is 0. The summed E-state index contributed by atoms with van der Waals surface area (Å²) in [4.78, 5) is 15.2. The van der Waals surface area contributed by atoms with Crippen LogP contribution in [0.2, 0.25) is 0 Å². The Morgan fingerprint density at radius 1 is 0.206 bits per heavy atom. The van der Waals surface area contributed by atoms with Crippen LogP contribution in [-0.4, -0.2) is 24.1 Å². The van der Waals surface area contributed by atoms with Crippen molar-refractivity contribution < 1.29 is 0 Å². The van der Waals surface area contributed by atoms with Gasteiger partial charge in [-0.1, -0.05) is 200 Å². The number of hydrogen-bond donors (Lipinski definition) is 0. The smallest absolute Gasteiger partial charge is 0.164 e. The molecule has 5 nitrogen and oxygen atoms in total. The van der Waals surface area contributed by atoms with Gasteiger partial charge in [-0.2, -0.15) is 0 Å². The molecule has 0 fully saturated rings. The molecule has 0 aliphatic heterocycles. The number of aromatic nitrogens is 5. The standard InChI is InChI=1S/C63H41N5/c1-4-14-42(15-5-1)44-24-26-46(27-25-44)47-32-36-51(37-33-47)67-57-22-12-10-20-53(57)55-40-41-56-54-21-11-13-23-58(54)68(60(56)59(55)67)52-38-34-50(35-39-52)63-65-61(48-18-8-3-9-19-48)64-62(66-63)49-30-28-45(29-31-49)43-16-6-2-7-17-43/h1-41H. The zero-order valence-corrected chi connectivity index (χ0v) is 36.9. The zero-order chi connectivity index (χ0) is 45.0. The van der Waals surface area contributed by atoms with Crippen molar-refractivity contribution >= 4 is 43.6 Å². The van der Waals surface area contributed by atoms with Gasteiger partial charge in [0.05, 0.1) is 22.1 Å². The van der Waals surface area contributed by atoms with E-state index in [4.69, 9.17) is 15.0 Å². The fraction of sp³-hybridized carbons (Fsp3) is 0. The third-order valence-electron chi connectivity index (χ3n) is 13.2. The van der Waals surface area contributed by atoms with E-state index >= 15 is 0 Å². The summed E-state index contributed by atoms with van der Waals surface area (Å²) in [5.74, 6) is 1.88. The predicted molar refractivity (Wildman–Crippen MR) is 281 cm³/mol. The van der Waals surface area contributed by atoms with E-state index in [1.54, 1.807) is 0 Å². The van der Waals surface area contributed by atoms with Gasteiger partial charge in [-0.05, 0) is 81.9 Å². The summed E-state index contributed by atoms with van der Waals surface area (Å²) in [5.41, 5.74) is 16.7. The Morgan fingerprint density at radius 3 is 0.853 bits per heavy atom. The lowest BCUT2D eigenvalue weighted by molar-refractivity contribution is 1.07. The van der Waals surface area contributed by atoms with E-state index in [0.717, 1.165) is 55.7 Å². The highest BCUT2D eigenvalue weighted by atomic mass is 15.1. The van der Waals surface area contributed by atoms with Crippen molar-refractivity contribution in [1.29, 1.82) is 0 Å². The molecule has 3 heterocycles. The van der Waals surface area contributed by atoms with E-state index < -0.39 is 0 Å². The molecule has 0 spiro atoms. The van der Waals surface area contributed by atoms with Crippen molar-refractivity contribution in [3.63, 3.8) is 0 Å². The summed E-state index contributed by atoms with van der Waals surface area (Å²) >= 11 is 0. The number of rotatable bonds is 8. The number of hydrogen-bond acceptors (Lipinski definition) is 3. The topological polar surface area (TPSA) is 48.5 Å². The molecule has 0 amide bonds. The van der Waals surface area contributed by atoms with Gasteiger partial charge in [0.15, 0.2) is 17.5 Å². The normalized spacial score (nSPS) is 11.5. The summed E-state index contributed by atoms with van der Waals surface area (Å²) in [6.07, 6.45) is 0. The van der Waals surface area contributed by atoms with Crippen LogP contribution in [0.15, 0.2) is 249 Å². The average Bonchev–Trinajstić information content (AvgIpc) is 3.95. The van der Waals surface area contributed by atoms with Crippen LogP contribution in [0.5, 0.6) is 0 Å². The lowest BCUT2D eigenvalue weighted by Crippen LogP contribution is -2.01. The maximum absolute atomic E-state index is 5.11. The first-order valence-electron chi connectivity index (χ1n) is 23.0. The van der Waals surface area contributed by atoms with E-state index in [1.165, 1.54) is 49.4 Å². The van der Waals surface area contributed by atoms with Crippen LogP contribution in [0, 0.1) is 0 Å². The lowest BCUT2D eigenvalue weighted by Gasteiger charge is -2.14. The molecule has 0 saturated carbocycles. The molecule has 3 aromatic heterocycles. The third-order valence-corrected chi connectivity index (χ3v) is 13.2. The van der Waals surface area contributed by atoms with Crippen LogP contribution in [0.1, 0.15) is 0 Å².